The van der Waals surface area contributed by atoms with E-state index in [1.165, 1.54) is 5.56 Å². The van der Waals surface area contributed by atoms with Gasteiger partial charge in [-0.3, -0.25) is 4.90 Å². The van der Waals surface area contributed by atoms with Crippen molar-refractivity contribution < 1.29 is 9.47 Å². The molecule has 2 N–H and O–H groups in total. The van der Waals surface area contributed by atoms with Crippen LogP contribution in [-0.2, 0) is 17.8 Å². The molecule has 0 aliphatic carbocycles. The molecule has 0 spiro atoms. The molecule has 112 valence electrons. The van der Waals surface area contributed by atoms with E-state index in [1.54, 1.807) is 7.11 Å². The minimum Gasteiger partial charge on any atom is -0.496 e. The Hall–Kier alpha value is -1.10. The zero-order chi connectivity index (χ0) is 14.8. The lowest BCUT2D eigenvalue weighted by Crippen LogP contribution is -2.51. The molecule has 1 heterocycles. The molecular formula is C16H26N2O2. The van der Waals surface area contributed by atoms with Crippen LogP contribution in [-0.4, -0.2) is 36.8 Å². The molecule has 0 radical (unpaired) electrons. The summed E-state index contributed by atoms with van der Waals surface area (Å²) in [5, 5.41) is 0. The van der Waals surface area contributed by atoms with Crippen LogP contribution in [0.3, 0.4) is 0 Å². The van der Waals surface area contributed by atoms with Crippen LogP contribution in [0.25, 0.3) is 0 Å². The van der Waals surface area contributed by atoms with Crippen molar-refractivity contribution >= 4 is 0 Å². The predicted octanol–water partition coefficient (Wildman–Crippen LogP) is 2.15. The zero-order valence-electron chi connectivity index (χ0n) is 13.0. The number of nitrogens with two attached hydrogens (primary N) is 1. The molecule has 1 aromatic rings. The van der Waals surface area contributed by atoms with Crippen LogP contribution in [0, 0.1) is 0 Å². The zero-order valence-corrected chi connectivity index (χ0v) is 13.0. The standard InChI is InChI=1S/C16H26N2O2/c1-12-9-18(11-16(2,3)20-12)10-13-5-6-15(19-4)14(7-13)8-17/h5-7,12H,8-11,17H2,1-4H3. The summed E-state index contributed by atoms with van der Waals surface area (Å²) < 4.78 is 11.3. The van der Waals surface area contributed by atoms with Gasteiger partial charge in [0.05, 0.1) is 18.8 Å². The first-order chi connectivity index (χ1) is 9.43. The fourth-order valence-electron chi connectivity index (χ4n) is 3.05. The maximum Gasteiger partial charge on any atom is 0.123 e. The van der Waals surface area contributed by atoms with E-state index < -0.39 is 0 Å². The van der Waals surface area contributed by atoms with Crippen LogP contribution in [0.5, 0.6) is 5.75 Å². The number of ether oxygens (including phenoxy) is 2. The van der Waals surface area contributed by atoms with E-state index in [0.29, 0.717) is 6.54 Å². The molecule has 4 heteroatoms. The van der Waals surface area contributed by atoms with Crippen molar-refractivity contribution in [3.8, 4) is 5.75 Å². The average molecular weight is 278 g/mol. The molecular weight excluding hydrogens is 252 g/mol. The number of benzene rings is 1. The fraction of sp³-hybridized carbons (Fsp3) is 0.625. The molecule has 1 unspecified atom stereocenters. The van der Waals surface area contributed by atoms with Crippen LogP contribution >= 0.6 is 0 Å². The summed E-state index contributed by atoms with van der Waals surface area (Å²) in [4.78, 5) is 2.44. The Labute approximate surface area is 121 Å². The highest BCUT2D eigenvalue weighted by Gasteiger charge is 2.31. The summed E-state index contributed by atoms with van der Waals surface area (Å²) in [5.41, 5.74) is 8.03. The maximum atomic E-state index is 5.94. The molecule has 1 aromatic carbocycles. The molecule has 0 amide bonds. The molecule has 1 atom stereocenters. The van der Waals surface area contributed by atoms with Crippen molar-refractivity contribution in [3.63, 3.8) is 0 Å². The van der Waals surface area contributed by atoms with Crippen LogP contribution in [0.2, 0.25) is 0 Å². The van der Waals surface area contributed by atoms with Gasteiger partial charge in [-0.1, -0.05) is 6.07 Å². The Balaban J connectivity index is 2.09. The average Bonchev–Trinajstić information content (AvgIpc) is 2.36. The van der Waals surface area contributed by atoms with Gasteiger partial charge < -0.3 is 15.2 Å². The topological polar surface area (TPSA) is 47.7 Å². The van der Waals surface area contributed by atoms with Gasteiger partial charge in [-0.2, -0.15) is 0 Å². The van der Waals surface area contributed by atoms with Crippen molar-refractivity contribution in [2.45, 2.75) is 45.6 Å². The van der Waals surface area contributed by atoms with E-state index in [1.807, 2.05) is 6.07 Å². The van der Waals surface area contributed by atoms with Gasteiger partial charge in [-0.05, 0) is 38.5 Å². The van der Waals surface area contributed by atoms with E-state index in [9.17, 15) is 0 Å². The lowest BCUT2D eigenvalue weighted by Gasteiger charge is -2.41. The third-order valence-corrected chi connectivity index (χ3v) is 3.61. The van der Waals surface area contributed by atoms with Gasteiger partial charge in [0.2, 0.25) is 0 Å². The van der Waals surface area contributed by atoms with Gasteiger partial charge in [-0.25, -0.2) is 0 Å². The van der Waals surface area contributed by atoms with Gasteiger partial charge >= 0.3 is 0 Å². The molecule has 0 saturated carbocycles. The Bertz CT molecular complexity index is 460. The van der Waals surface area contributed by atoms with Gasteiger partial charge in [0, 0.05) is 31.7 Å². The smallest absolute Gasteiger partial charge is 0.123 e. The van der Waals surface area contributed by atoms with Crippen molar-refractivity contribution in [1.82, 2.24) is 4.90 Å². The maximum absolute atomic E-state index is 5.94. The number of rotatable bonds is 4. The minimum absolute atomic E-state index is 0.0825. The Morgan fingerprint density at radius 2 is 2.20 bits per heavy atom. The van der Waals surface area contributed by atoms with Gasteiger partial charge in [0.1, 0.15) is 5.75 Å². The monoisotopic (exact) mass is 278 g/mol. The van der Waals surface area contributed by atoms with E-state index >= 15 is 0 Å². The Kier molecular flexibility index (Phi) is 4.68. The first-order valence-electron chi connectivity index (χ1n) is 7.19. The summed E-state index contributed by atoms with van der Waals surface area (Å²) in [6.07, 6.45) is 0.269. The number of hydrogen-bond acceptors (Lipinski definition) is 4. The SMILES string of the molecule is COc1ccc(CN2CC(C)OC(C)(C)C2)cc1CN. The first-order valence-corrected chi connectivity index (χ1v) is 7.19. The van der Waals surface area contributed by atoms with Crippen molar-refractivity contribution in [2.75, 3.05) is 20.2 Å². The summed E-state index contributed by atoms with van der Waals surface area (Å²) in [7, 11) is 1.68. The first kappa shape index (κ1) is 15.3. The number of methoxy groups -OCH3 is 1. The Morgan fingerprint density at radius 3 is 2.80 bits per heavy atom. The largest absolute Gasteiger partial charge is 0.496 e. The number of nitrogens with zero attached hydrogens (tertiary/aromatic N) is 1. The van der Waals surface area contributed by atoms with Gasteiger partial charge in [0.25, 0.3) is 0 Å². The van der Waals surface area contributed by atoms with E-state index in [-0.39, 0.29) is 11.7 Å². The highest BCUT2D eigenvalue weighted by Crippen LogP contribution is 2.24. The third-order valence-electron chi connectivity index (χ3n) is 3.61. The predicted molar refractivity (Wildman–Crippen MR) is 80.8 cm³/mol. The molecule has 4 nitrogen and oxygen atoms in total. The second kappa shape index (κ2) is 6.12. The molecule has 0 aromatic heterocycles. The quantitative estimate of drug-likeness (QED) is 0.917. The summed E-state index contributed by atoms with van der Waals surface area (Å²) in [6.45, 7) is 9.77. The molecule has 2 rings (SSSR count). The van der Waals surface area contributed by atoms with Crippen LogP contribution < -0.4 is 10.5 Å². The summed E-state index contributed by atoms with van der Waals surface area (Å²) in [6, 6.07) is 6.27. The van der Waals surface area contributed by atoms with E-state index in [4.69, 9.17) is 15.2 Å². The molecule has 1 aliphatic heterocycles. The minimum atomic E-state index is -0.0825. The normalized spacial score (nSPS) is 22.8. The van der Waals surface area contributed by atoms with Crippen molar-refractivity contribution in [1.29, 1.82) is 0 Å². The highest BCUT2D eigenvalue weighted by atomic mass is 16.5. The van der Waals surface area contributed by atoms with Gasteiger partial charge in [0.15, 0.2) is 0 Å². The summed E-state index contributed by atoms with van der Waals surface area (Å²) in [5.74, 6) is 0.868. The molecule has 1 aliphatic rings. The van der Waals surface area contributed by atoms with Crippen molar-refractivity contribution in [3.05, 3.63) is 29.3 Å². The lowest BCUT2D eigenvalue weighted by atomic mass is 10.0. The molecule has 1 fully saturated rings. The Morgan fingerprint density at radius 1 is 1.45 bits per heavy atom. The molecule has 20 heavy (non-hydrogen) atoms. The van der Waals surface area contributed by atoms with Crippen molar-refractivity contribution in [2.24, 2.45) is 5.73 Å². The molecule has 1 saturated heterocycles. The summed E-state index contributed by atoms with van der Waals surface area (Å²) >= 11 is 0. The highest BCUT2D eigenvalue weighted by molar-refractivity contribution is 5.37. The van der Waals surface area contributed by atoms with Gasteiger partial charge in [-0.15, -0.1) is 0 Å². The molecule has 0 bridgehead atoms. The van der Waals surface area contributed by atoms with E-state index in [0.717, 1.165) is 30.9 Å². The second-order valence-corrected chi connectivity index (χ2v) is 6.21. The lowest BCUT2D eigenvalue weighted by molar-refractivity contribution is -0.130. The van der Waals surface area contributed by atoms with Crippen LogP contribution in [0.4, 0.5) is 0 Å². The van der Waals surface area contributed by atoms with Crippen LogP contribution in [0.15, 0.2) is 18.2 Å². The number of hydrogen-bond donors (Lipinski definition) is 1. The van der Waals surface area contributed by atoms with E-state index in [2.05, 4.69) is 37.8 Å². The van der Waals surface area contributed by atoms with Crippen LogP contribution in [0.1, 0.15) is 31.9 Å². The number of morpholine rings is 1. The third kappa shape index (κ3) is 3.72. The fourth-order valence-corrected chi connectivity index (χ4v) is 3.05. The second-order valence-electron chi connectivity index (χ2n) is 6.21.